The van der Waals surface area contributed by atoms with Gasteiger partial charge in [-0.05, 0) is 23.3 Å². The average molecular weight is 333 g/mol. The minimum absolute atomic E-state index is 0.170. The number of ether oxygens (including phenoxy) is 2. The number of methoxy groups -OCH3 is 1. The summed E-state index contributed by atoms with van der Waals surface area (Å²) in [6.45, 7) is 0.341. The second-order valence-electron chi connectivity index (χ2n) is 4.86. The summed E-state index contributed by atoms with van der Waals surface area (Å²) in [7, 11) is 1.20. The molecule has 2 aromatic carbocycles. The summed E-state index contributed by atoms with van der Waals surface area (Å²) in [5.41, 5.74) is 1.21. The van der Waals surface area contributed by atoms with E-state index in [2.05, 4.69) is 10.1 Å². The minimum Gasteiger partial charge on any atom is -0.491 e. The Bertz CT molecular complexity index is 694. The fourth-order valence-electron chi connectivity index (χ4n) is 1.98. The van der Waals surface area contributed by atoms with Gasteiger partial charge < -0.3 is 14.8 Å². The van der Waals surface area contributed by atoms with Gasteiger partial charge in [-0.3, -0.25) is 0 Å². The van der Waals surface area contributed by atoms with Crippen LogP contribution in [-0.4, -0.2) is 19.7 Å². The van der Waals surface area contributed by atoms with Crippen molar-refractivity contribution in [3.8, 4) is 5.75 Å². The van der Waals surface area contributed by atoms with Crippen molar-refractivity contribution in [3.63, 3.8) is 0 Å². The number of hydrogen-bond donors (Lipinski definition) is 1. The first-order valence-corrected chi connectivity index (χ1v) is 7.24. The highest BCUT2D eigenvalue weighted by atomic mass is 19.1. The fraction of sp³-hybridized carbons (Fsp3) is 0.167. The number of carbonyl (C=O) groups is 1. The number of halogens is 2. The van der Waals surface area contributed by atoms with Gasteiger partial charge in [-0.25, -0.2) is 13.6 Å². The molecule has 4 nitrogen and oxygen atoms in total. The molecule has 0 bridgehead atoms. The number of amides is 1. The Morgan fingerprint density at radius 3 is 2.46 bits per heavy atom. The van der Waals surface area contributed by atoms with Gasteiger partial charge in [0.1, 0.15) is 6.61 Å². The molecule has 0 saturated carbocycles. The lowest BCUT2D eigenvalue weighted by Crippen LogP contribution is -2.24. The molecule has 2 aromatic rings. The van der Waals surface area contributed by atoms with Crippen molar-refractivity contribution in [2.24, 2.45) is 0 Å². The fourth-order valence-corrected chi connectivity index (χ4v) is 1.98. The summed E-state index contributed by atoms with van der Waals surface area (Å²) in [6.07, 6.45) is 2.48. The predicted octanol–water partition coefficient (Wildman–Crippen LogP) is 3.91. The number of nitrogens with one attached hydrogen (secondary N) is 1. The van der Waals surface area contributed by atoms with Gasteiger partial charge in [0, 0.05) is 6.54 Å². The summed E-state index contributed by atoms with van der Waals surface area (Å²) >= 11 is 0. The van der Waals surface area contributed by atoms with E-state index in [9.17, 15) is 13.6 Å². The van der Waals surface area contributed by atoms with Crippen LogP contribution in [0.15, 0.2) is 48.5 Å². The first kappa shape index (κ1) is 17.5. The molecule has 0 saturated heterocycles. The first-order chi connectivity index (χ1) is 11.6. The van der Waals surface area contributed by atoms with Crippen molar-refractivity contribution in [1.82, 2.24) is 5.32 Å². The molecule has 24 heavy (non-hydrogen) atoms. The normalized spacial score (nSPS) is 10.6. The van der Waals surface area contributed by atoms with Crippen LogP contribution in [0.1, 0.15) is 11.1 Å². The van der Waals surface area contributed by atoms with Crippen LogP contribution in [0.4, 0.5) is 13.6 Å². The largest absolute Gasteiger partial charge is 0.491 e. The highest BCUT2D eigenvalue weighted by molar-refractivity contribution is 5.67. The van der Waals surface area contributed by atoms with Crippen LogP contribution in [0.25, 0.3) is 6.08 Å². The third kappa shape index (κ3) is 5.08. The van der Waals surface area contributed by atoms with Crippen molar-refractivity contribution in [1.29, 1.82) is 0 Å². The number of carbonyl (C=O) groups excluding carboxylic acids is 1. The molecule has 0 fully saturated rings. The van der Waals surface area contributed by atoms with Gasteiger partial charge in [-0.15, -0.1) is 0 Å². The molecule has 0 unspecified atom stereocenters. The highest BCUT2D eigenvalue weighted by Gasteiger charge is 2.10. The predicted molar refractivity (Wildman–Crippen MR) is 86.6 cm³/mol. The SMILES string of the molecule is COc1c(F)cc(C=CCNC(=O)OCc2ccccc2)cc1F. The molecule has 0 spiro atoms. The topological polar surface area (TPSA) is 47.6 Å². The van der Waals surface area contributed by atoms with Crippen LogP contribution in [0.5, 0.6) is 5.75 Å². The van der Waals surface area contributed by atoms with Crippen LogP contribution >= 0.6 is 0 Å². The van der Waals surface area contributed by atoms with Crippen molar-refractivity contribution < 1.29 is 23.0 Å². The Balaban J connectivity index is 1.79. The van der Waals surface area contributed by atoms with Crippen LogP contribution < -0.4 is 10.1 Å². The highest BCUT2D eigenvalue weighted by Crippen LogP contribution is 2.23. The average Bonchev–Trinajstić information content (AvgIpc) is 2.57. The zero-order valence-corrected chi connectivity index (χ0v) is 13.1. The molecule has 0 aliphatic carbocycles. The lowest BCUT2D eigenvalue weighted by atomic mass is 10.2. The number of alkyl carbamates (subject to hydrolysis) is 1. The molecular weight excluding hydrogens is 316 g/mol. The molecule has 0 aliphatic heterocycles. The second kappa shape index (κ2) is 8.67. The standard InChI is InChI=1S/C18H17F2NO3/c1-23-17-15(19)10-14(11-16(17)20)8-5-9-21-18(22)24-12-13-6-3-2-4-7-13/h2-8,10-11H,9,12H2,1H3,(H,21,22). The lowest BCUT2D eigenvalue weighted by Gasteiger charge is -2.06. The van der Waals surface area contributed by atoms with Gasteiger partial charge in [0.15, 0.2) is 17.4 Å². The molecule has 6 heteroatoms. The second-order valence-corrected chi connectivity index (χ2v) is 4.86. The van der Waals surface area contributed by atoms with E-state index in [1.165, 1.54) is 13.2 Å². The molecule has 0 atom stereocenters. The molecule has 0 radical (unpaired) electrons. The quantitative estimate of drug-likeness (QED) is 0.872. The van der Waals surface area contributed by atoms with E-state index in [4.69, 9.17) is 4.74 Å². The van der Waals surface area contributed by atoms with Crippen LogP contribution in [-0.2, 0) is 11.3 Å². The summed E-state index contributed by atoms with van der Waals surface area (Å²) in [4.78, 5) is 11.5. The van der Waals surface area contributed by atoms with Gasteiger partial charge in [0.25, 0.3) is 0 Å². The van der Waals surface area contributed by atoms with Crippen molar-refractivity contribution in [3.05, 3.63) is 71.3 Å². The smallest absolute Gasteiger partial charge is 0.407 e. The maximum Gasteiger partial charge on any atom is 0.407 e. The Kier molecular flexibility index (Phi) is 6.31. The molecule has 1 amide bonds. The van der Waals surface area contributed by atoms with Gasteiger partial charge in [0.05, 0.1) is 7.11 Å². The van der Waals surface area contributed by atoms with Crippen LogP contribution in [0.3, 0.4) is 0 Å². The van der Waals surface area contributed by atoms with Crippen molar-refractivity contribution in [2.45, 2.75) is 6.61 Å². The Morgan fingerprint density at radius 2 is 1.83 bits per heavy atom. The first-order valence-electron chi connectivity index (χ1n) is 7.24. The molecule has 126 valence electrons. The number of benzene rings is 2. The van der Waals surface area contributed by atoms with E-state index in [1.54, 1.807) is 6.08 Å². The summed E-state index contributed by atoms with van der Waals surface area (Å²) in [5.74, 6) is -1.99. The third-order valence-electron chi connectivity index (χ3n) is 3.11. The Morgan fingerprint density at radius 1 is 1.17 bits per heavy atom. The van der Waals surface area contributed by atoms with E-state index in [0.717, 1.165) is 17.7 Å². The van der Waals surface area contributed by atoms with E-state index in [1.807, 2.05) is 30.3 Å². The lowest BCUT2D eigenvalue weighted by molar-refractivity contribution is 0.141. The third-order valence-corrected chi connectivity index (χ3v) is 3.11. The Labute approximate surface area is 138 Å². The van der Waals surface area contributed by atoms with E-state index in [0.29, 0.717) is 5.56 Å². The Hall–Kier alpha value is -2.89. The van der Waals surface area contributed by atoms with Gasteiger partial charge in [-0.1, -0.05) is 42.5 Å². The summed E-state index contributed by atoms with van der Waals surface area (Å²) in [6, 6.07) is 11.6. The summed E-state index contributed by atoms with van der Waals surface area (Å²) < 4.78 is 36.7. The van der Waals surface area contributed by atoms with E-state index < -0.39 is 23.5 Å². The molecule has 0 aliphatic rings. The van der Waals surface area contributed by atoms with E-state index in [-0.39, 0.29) is 13.2 Å². The van der Waals surface area contributed by atoms with Crippen molar-refractivity contribution >= 4 is 12.2 Å². The van der Waals surface area contributed by atoms with E-state index >= 15 is 0 Å². The minimum atomic E-state index is -0.785. The zero-order valence-electron chi connectivity index (χ0n) is 13.1. The number of rotatable bonds is 6. The molecule has 0 heterocycles. The maximum absolute atomic E-state index is 13.5. The molecule has 2 rings (SSSR count). The monoisotopic (exact) mass is 333 g/mol. The van der Waals surface area contributed by atoms with Gasteiger partial charge in [-0.2, -0.15) is 0 Å². The maximum atomic E-state index is 13.5. The zero-order chi connectivity index (χ0) is 17.4. The molecule has 0 aromatic heterocycles. The molecular formula is C18H17F2NO3. The van der Waals surface area contributed by atoms with Crippen LogP contribution in [0, 0.1) is 11.6 Å². The van der Waals surface area contributed by atoms with Crippen molar-refractivity contribution in [2.75, 3.05) is 13.7 Å². The molecule has 1 N–H and O–H groups in total. The van der Waals surface area contributed by atoms with Crippen LogP contribution in [0.2, 0.25) is 0 Å². The number of hydrogen-bond acceptors (Lipinski definition) is 3. The van der Waals surface area contributed by atoms with Gasteiger partial charge >= 0.3 is 6.09 Å². The summed E-state index contributed by atoms with van der Waals surface area (Å²) in [5, 5.41) is 2.51. The van der Waals surface area contributed by atoms with Gasteiger partial charge in [0.2, 0.25) is 0 Å².